The number of aryl methyl sites for hydroxylation is 2. The first kappa shape index (κ1) is 17.1. The normalized spacial score (nSPS) is 22.3. The van der Waals surface area contributed by atoms with Crippen LogP contribution < -0.4 is 10.6 Å². The van der Waals surface area contributed by atoms with Crippen molar-refractivity contribution in [3.8, 4) is 0 Å². The number of nitrogens with zero attached hydrogens (tertiary/aromatic N) is 3. The van der Waals surface area contributed by atoms with Crippen LogP contribution in [0.4, 0.5) is 10.5 Å². The predicted octanol–water partition coefficient (Wildman–Crippen LogP) is 2.76. The lowest BCUT2D eigenvalue weighted by Crippen LogP contribution is -2.49. The molecule has 3 aliphatic heterocycles. The summed E-state index contributed by atoms with van der Waals surface area (Å²) < 4.78 is 2.00. The molecule has 26 heavy (non-hydrogen) atoms. The van der Waals surface area contributed by atoms with Crippen LogP contribution in [0, 0.1) is 19.8 Å². The van der Waals surface area contributed by atoms with E-state index in [0.29, 0.717) is 12.0 Å². The number of rotatable bonds is 3. The minimum Gasteiger partial charge on any atom is -0.320 e. The molecule has 3 fully saturated rings. The highest BCUT2D eigenvalue weighted by atomic mass is 16.2. The second-order valence-electron chi connectivity index (χ2n) is 7.62. The van der Waals surface area contributed by atoms with Gasteiger partial charge >= 0.3 is 6.03 Å². The van der Waals surface area contributed by atoms with Gasteiger partial charge in [-0.15, -0.1) is 0 Å². The number of fused-ring (bicyclic) bond motifs is 4. The summed E-state index contributed by atoms with van der Waals surface area (Å²) in [5, 5.41) is 11.0. The Morgan fingerprint density at radius 1 is 1.23 bits per heavy atom. The highest BCUT2D eigenvalue weighted by molar-refractivity contribution is 5.89. The number of hydrogen-bond acceptors (Lipinski definition) is 3. The molecule has 3 saturated heterocycles. The number of urea groups is 1. The van der Waals surface area contributed by atoms with Crippen molar-refractivity contribution in [3.63, 3.8) is 0 Å². The van der Waals surface area contributed by atoms with Crippen LogP contribution in [0.1, 0.15) is 29.8 Å². The molecule has 2 aromatic rings. The first-order valence-electron chi connectivity index (χ1n) is 9.47. The Kier molecular flexibility index (Phi) is 4.68. The largest absolute Gasteiger partial charge is 0.322 e. The quantitative estimate of drug-likeness (QED) is 0.892. The van der Waals surface area contributed by atoms with Gasteiger partial charge in [-0.25, -0.2) is 4.79 Å². The SMILES string of the molecule is Cc1cc(C)n(Cc2ccc(NC(=O)N3C[C@@H]4CC[C@H]3CNC4)cc2)n1. The number of carbonyl (C=O) groups is 1. The molecule has 0 aliphatic carbocycles. The molecule has 0 spiro atoms. The molecule has 1 aromatic heterocycles. The van der Waals surface area contributed by atoms with E-state index in [2.05, 4.69) is 40.9 Å². The second-order valence-corrected chi connectivity index (χ2v) is 7.62. The average molecular weight is 353 g/mol. The van der Waals surface area contributed by atoms with E-state index in [1.54, 1.807) is 0 Å². The standard InChI is InChI=1S/C20H27N5O/c1-14-9-15(2)25(23-14)13-16-3-6-18(7-4-16)22-20(26)24-12-17-5-8-19(24)11-21-10-17/h3-4,6-7,9,17,19,21H,5,8,10-13H2,1-2H3,(H,22,26)/t17-,19+/m1/s1. The van der Waals surface area contributed by atoms with Crippen LogP contribution in [0.3, 0.4) is 0 Å². The number of benzene rings is 1. The maximum Gasteiger partial charge on any atom is 0.322 e. The van der Waals surface area contributed by atoms with Gasteiger partial charge in [0.05, 0.1) is 12.2 Å². The van der Waals surface area contributed by atoms with Crippen molar-refractivity contribution in [2.45, 2.75) is 39.3 Å². The van der Waals surface area contributed by atoms with Gasteiger partial charge < -0.3 is 15.5 Å². The maximum atomic E-state index is 12.7. The third-order valence-corrected chi connectivity index (χ3v) is 5.52. The number of amides is 2. The lowest BCUT2D eigenvalue weighted by atomic mass is 9.95. The molecule has 5 rings (SSSR count). The molecule has 1 aromatic carbocycles. The van der Waals surface area contributed by atoms with Gasteiger partial charge in [-0.2, -0.15) is 5.10 Å². The molecule has 2 N–H and O–H groups in total. The number of anilines is 1. The number of carbonyl (C=O) groups excluding carboxylic acids is 1. The highest BCUT2D eigenvalue weighted by Gasteiger charge is 2.34. The summed E-state index contributed by atoms with van der Waals surface area (Å²) in [4.78, 5) is 14.7. The van der Waals surface area contributed by atoms with Gasteiger partial charge in [0.1, 0.15) is 0 Å². The van der Waals surface area contributed by atoms with Crippen LogP contribution in [0.2, 0.25) is 0 Å². The van der Waals surface area contributed by atoms with E-state index in [1.165, 1.54) is 12.0 Å². The molecule has 138 valence electrons. The summed E-state index contributed by atoms with van der Waals surface area (Å²) in [6.07, 6.45) is 2.33. The Hall–Kier alpha value is -2.34. The lowest BCUT2D eigenvalue weighted by Gasteiger charge is -2.36. The molecule has 2 atom stereocenters. The molecule has 2 amide bonds. The van der Waals surface area contributed by atoms with E-state index >= 15 is 0 Å². The summed E-state index contributed by atoms with van der Waals surface area (Å²) >= 11 is 0. The Labute approximate surface area is 154 Å². The minimum absolute atomic E-state index is 0.0229. The molecule has 4 heterocycles. The fraction of sp³-hybridized carbons (Fsp3) is 0.500. The molecular weight excluding hydrogens is 326 g/mol. The predicted molar refractivity (Wildman–Crippen MR) is 102 cm³/mol. The van der Waals surface area contributed by atoms with Gasteiger partial charge in [0, 0.05) is 30.5 Å². The van der Waals surface area contributed by atoms with Crippen LogP contribution in [-0.2, 0) is 6.54 Å². The van der Waals surface area contributed by atoms with Crippen molar-refractivity contribution in [1.29, 1.82) is 0 Å². The van der Waals surface area contributed by atoms with Crippen LogP contribution in [-0.4, -0.2) is 46.4 Å². The molecule has 3 aliphatic rings. The summed E-state index contributed by atoms with van der Waals surface area (Å²) in [7, 11) is 0. The molecule has 0 saturated carbocycles. The zero-order valence-corrected chi connectivity index (χ0v) is 15.5. The fourth-order valence-corrected chi connectivity index (χ4v) is 4.08. The Balaban J connectivity index is 1.39. The molecule has 2 bridgehead atoms. The summed E-state index contributed by atoms with van der Waals surface area (Å²) in [5.41, 5.74) is 4.21. The van der Waals surface area contributed by atoms with Crippen molar-refractivity contribution in [1.82, 2.24) is 20.0 Å². The van der Waals surface area contributed by atoms with Crippen LogP contribution >= 0.6 is 0 Å². The van der Waals surface area contributed by atoms with Crippen molar-refractivity contribution in [2.75, 3.05) is 25.0 Å². The van der Waals surface area contributed by atoms with E-state index in [0.717, 1.165) is 49.7 Å². The van der Waals surface area contributed by atoms with E-state index in [-0.39, 0.29) is 6.03 Å². The first-order valence-corrected chi connectivity index (χ1v) is 9.47. The average Bonchev–Trinajstić information content (AvgIpc) is 2.83. The van der Waals surface area contributed by atoms with E-state index in [1.807, 2.05) is 28.6 Å². The Morgan fingerprint density at radius 3 is 2.77 bits per heavy atom. The molecular formula is C20H27N5O. The van der Waals surface area contributed by atoms with Crippen LogP contribution in [0.5, 0.6) is 0 Å². The van der Waals surface area contributed by atoms with Crippen LogP contribution in [0.25, 0.3) is 0 Å². The first-order chi connectivity index (χ1) is 12.6. The van der Waals surface area contributed by atoms with Gasteiger partial charge in [-0.1, -0.05) is 12.1 Å². The molecule has 0 unspecified atom stereocenters. The molecule has 6 heteroatoms. The van der Waals surface area contributed by atoms with E-state index < -0.39 is 0 Å². The third-order valence-electron chi connectivity index (χ3n) is 5.52. The van der Waals surface area contributed by atoms with Gasteiger partial charge in [0.15, 0.2) is 0 Å². The fourth-order valence-electron chi connectivity index (χ4n) is 4.08. The highest BCUT2D eigenvalue weighted by Crippen LogP contribution is 2.25. The zero-order valence-electron chi connectivity index (χ0n) is 15.5. The third kappa shape index (κ3) is 3.60. The van der Waals surface area contributed by atoms with Crippen LogP contribution in [0.15, 0.2) is 30.3 Å². The number of nitrogens with one attached hydrogen (secondary N) is 2. The van der Waals surface area contributed by atoms with E-state index in [4.69, 9.17) is 0 Å². The number of piperidine rings is 1. The Morgan fingerprint density at radius 2 is 2.04 bits per heavy atom. The monoisotopic (exact) mass is 353 g/mol. The van der Waals surface area contributed by atoms with Gasteiger partial charge in [0.2, 0.25) is 0 Å². The smallest absolute Gasteiger partial charge is 0.320 e. The van der Waals surface area contributed by atoms with Gasteiger partial charge in [-0.05, 0) is 62.9 Å². The van der Waals surface area contributed by atoms with Crippen molar-refractivity contribution in [3.05, 3.63) is 47.3 Å². The van der Waals surface area contributed by atoms with Crippen molar-refractivity contribution >= 4 is 11.7 Å². The minimum atomic E-state index is 0.0229. The summed E-state index contributed by atoms with van der Waals surface area (Å²) in [5.74, 6) is 0.586. The zero-order chi connectivity index (χ0) is 18.1. The summed E-state index contributed by atoms with van der Waals surface area (Å²) in [6, 6.07) is 10.5. The van der Waals surface area contributed by atoms with Gasteiger partial charge in [0.25, 0.3) is 0 Å². The maximum absolute atomic E-state index is 12.7. The van der Waals surface area contributed by atoms with Crippen molar-refractivity contribution in [2.24, 2.45) is 5.92 Å². The van der Waals surface area contributed by atoms with Crippen molar-refractivity contribution < 1.29 is 4.79 Å². The molecule has 0 radical (unpaired) electrons. The number of hydrogen-bond donors (Lipinski definition) is 2. The van der Waals surface area contributed by atoms with E-state index in [9.17, 15) is 4.79 Å². The Bertz CT molecular complexity index is 778. The topological polar surface area (TPSA) is 62.2 Å². The molecule has 6 nitrogen and oxygen atoms in total. The van der Waals surface area contributed by atoms with Gasteiger partial charge in [-0.3, -0.25) is 4.68 Å². The second kappa shape index (κ2) is 7.11. The lowest BCUT2D eigenvalue weighted by molar-refractivity contribution is 0.153. The summed E-state index contributed by atoms with van der Waals surface area (Å²) in [6.45, 7) is 7.62. The number of aromatic nitrogens is 2.